The first-order valence-corrected chi connectivity index (χ1v) is 8.96. The van der Waals surface area contributed by atoms with Gasteiger partial charge in [0.1, 0.15) is 0 Å². The number of anilines is 2. The average molecular weight is 334 g/mol. The van der Waals surface area contributed by atoms with Crippen molar-refractivity contribution < 1.29 is 0 Å². The lowest BCUT2D eigenvalue weighted by molar-refractivity contribution is 0.969. The highest BCUT2D eigenvalue weighted by Gasteiger charge is 2.20. The zero-order chi connectivity index (χ0) is 16.4. The summed E-state index contributed by atoms with van der Waals surface area (Å²) >= 11 is 6.05. The topological polar surface area (TPSA) is 3.24 Å². The molecule has 1 nitrogen and oxygen atoms in total. The number of benzene rings is 3. The molecule has 0 radical (unpaired) electrons. The van der Waals surface area contributed by atoms with Crippen molar-refractivity contribution in [2.45, 2.75) is 25.3 Å². The SMILES string of the molecule is ClCc1ccc2c(c1)CCc1ccccc1N2Cc1ccccc1. The maximum Gasteiger partial charge on any atom is 0.0481 e. The van der Waals surface area contributed by atoms with Crippen molar-refractivity contribution in [2.75, 3.05) is 4.90 Å². The van der Waals surface area contributed by atoms with Crippen molar-refractivity contribution in [3.63, 3.8) is 0 Å². The van der Waals surface area contributed by atoms with Gasteiger partial charge in [0.15, 0.2) is 0 Å². The fraction of sp³-hybridized carbons (Fsp3) is 0.182. The van der Waals surface area contributed by atoms with Gasteiger partial charge in [-0.3, -0.25) is 0 Å². The van der Waals surface area contributed by atoms with E-state index in [4.69, 9.17) is 11.6 Å². The predicted molar refractivity (Wildman–Crippen MR) is 102 cm³/mol. The zero-order valence-electron chi connectivity index (χ0n) is 13.6. The number of para-hydroxylation sites is 1. The molecule has 0 fully saturated rings. The highest BCUT2D eigenvalue weighted by Crippen LogP contribution is 2.37. The van der Waals surface area contributed by atoms with Gasteiger partial charge < -0.3 is 4.90 Å². The maximum absolute atomic E-state index is 6.05. The Labute approximate surface area is 148 Å². The Hall–Kier alpha value is -2.25. The molecule has 0 spiro atoms. The second-order valence-electron chi connectivity index (χ2n) is 6.30. The third-order valence-corrected chi connectivity index (χ3v) is 5.03. The van der Waals surface area contributed by atoms with Crippen LogP contribution in [0.2, 0.25) is 0 Å². The Bertz CT molecular complexity index is 842. The molecule has 0 aromatic heterocycles. The molecule has 3 aromatic rings. The summed E-state index contributed by atoms with van der Waals surface area (Å²) in [6, 6.07) is 26.1. The molecule has 2 heteroatoms. The molecule has 0 bridgehead atoms. The van der Waals surface area contributed by atoms with Crippen LogP contribution in [0.1, 0.15) is 22.3 Å². The van der Waals surface area contributed by atoms with E-state index in [1.54, 1.807) is 0 Å². The lowest BCUT2D eigenvalue weighted by atomic mass is 10.0. The lowest BCUT2D eigenvalue weighted by Crippen LogP contribution is -2.17. The van der Waals surface area contributed by atoms with E-state index >= 15 is 0 Å². The number of nitrogens with zero attached hydrogens (tertiary/aromatic N) is 1. The van der Waals surface area contributed by atoms with Crippen molar-refractivity contribution in [3.8, 4) is 0 Å². The number of hydrogen-bond acceptors (Lipinski definition) is 1. The summed E-state index contributed by atoms with van der Waals surface area (Å²) in [5, 5.41) is 0. The maximum atomic E-state index is 6.05. The van der Waals surface area contributed by atoms with Gasteiger partial charge in [0.25, 0.3) is 0 Å². The molecule has 3 aromatic carbocycles. The van der Waals surface area contributed by atoms with E-state index in [1.165, 1.54) is 33.6 Å². The minimum atomic E-state index is 0.568. The lowest BCUT2D eigenvalue weighted by Gasteiger charge is -2.27. The first-order chi connectivity index (χ1) is 11.8. The highest BCUT2D eigenvalue weighted by atomic mass is 35.5. The number of alkyl halides is 1. The van der Waals surface area contributed by atoms with Crippen LogP contribution in [0.3, 0.4) is 0 Å². The van der Waals surface area contributed by atoms with E-state index in [-0.39, 0.29) is 0 Å². The molecule has 1 heterocycles. The summed E-state index contributed by atoms with van der Waals surface area (Å²) in [7, 11) is 0. The third kappa shape index (κ3) is 2.92. The second-order valence-corrected chi connectivity index (χ2v) is 6.56. The van der Waals surface area contributed by atoms with Crippen molar-refractivity contribution >= 4 is 23.0 Å². The normalized spacial score (nSPS) is 13.1. The first-order valence-electron chi connectivity index (χ1n) is 8.42. The Balaban J connectivity index is 1.83. The summed E-state index contributed by atoms with van der Waals surface area (Å²) in [6.45, 7) is 0.880. The van der Waals surface area contributed by atoms with Crippen LogP contribution in [0, 0.1) is 0 Å². The standard InChI is InChI=1S/C22H20ClN/c23-15-18-10-13-22-20(14-18)12-11-19-8-4-5-9-21(19)24(22)16-17-6-2-1-3-7-17/h1-10,13-14H,11-12,15-16H2. The summed E-state index contributed by atoms with van der Waals surface area (Å²) in [5.74, 6) is 0.568. The van der Waals surface area contributed by atoms with Gasteiger partial charge in [-0.15, -0.1) is 11.6 Å². The molecule has 1 aliphatic rings. The number of fused-ring (bicyclic) bond motifs is 2. The van der Waals surface area contributed by atoms with Crippen LogP contribution in [-0.2, 0) is 25.3 Å². The summed E-state index contributed by atoms with van der Waals surface area (Å²) in [6.07, 6.45) is 2.13. The van der Waals surface area contributed by atoms with Gasteiger partial charge >= 0.3 is 0 Å². The molecular formula is C22H20ClN. The fourth-order valence-corrected chi connectivity index (χ4v) is 3.67. The molecular weight excluding hydrogens is 314 g/mol. The fourth-order valence-electron chi connectivity index (χ4n) is 3.51. The van der Waals surface area contributed by atoms with Crippen LogP contribution in [0.4, 0.5) is 11.4 Å². The van der Waals surface area contributed by atoms with Gasteiger partial charge in [0.2, 0.25) is 0 Å². The minimum absolute atomic E-state index is 0.568. The van der Waals surface area contributed by atoms with E-state index in [9.17, 15) is 0 Å². The summed E-state index contributed by atoms with van der Waals surface area (Å²) in [5.41, 5.74) is 7.94. The number of rotatable bonds is 3. The van der Waals surface area contributed by atoms with Crippen LogP contribution in [0.5, 0.6) is 0 Å². The molecule has 4 rings (SSSR count). The van der Waals surface area contributed by atoms with E-state index < -0.39 is 0 Å². The van der Waals surface area contributed by atoms with Crippen molar-refractivity contribution in [1.29, 1.82) is 0 Å². The molecule has 120 valence electrons. The molecule has 0 amide bonds. The number of halogens is 1. The van der Waals surface area contributed by atoms with Crippen LogP contribution in [0.25, 0.3) is 0 Å². The zero-order valence-corrected chi connectivity index (χ0v) is 14.3. The van der Waals surface area contributed by atoms with Crippen molar-refractivity contribution in [3.05, 3.63) is 95.1 Å². The van der Waals surface area contributed by atoms with Crippen LogP contribution < -0.4 is 4.90 Å². The number of aryl methyl sites for hydroxylation is 2. The highest BCUT2D eigenvalue weighted by molar-refractivity contribution is 6.17. The summed E-state index contributed by atoms with van der Waals surface area (Å²) in [4.78, 5) is 2.45. The second kappa shape index (κ2) is 6.70. The Morgan fingerprint density at radius 1 is 0.708 bits per heavy atom. The van der Waals surface area contributed by atoms with Gasteiger partial charge in [-0.2, -0.15) is 0 Å². The van der Waals surface area contributed by atoms with E-state index in [2.05, 4.69) is 77.7 Å². The van der Waals surface area contributed by atoms with Gasteiger partial charge in [-0.05, 0) is 47.2 Å². The molecule has 0 unspecified atom stereocenters. The molecule has 0 aliphatic carbocycles. The van der Waals surface area contributed by atoms with Crippen LogP contribution >= 0.6 is 11.6 Å². The van der Waals surface area contributed by atoms with E-state index in [0.717, 1.165) is 19.4 Å². The van der Waals surface area contributed by atoms with E-state index in [0.29, 0.717) is 5.88 Å². The molecule has 0 N–H and O–H groups in total. The Kier molecular flexibility index (Phi) is 4.27. The monoisotopic (exact) mass is 333 g/mol. The van der Waals surface area contributed by atoms with Crippen molar-refractivity contribution in [1.82, 2.24) is 0 Å². The smallest absolute Gasteiger partial charge is 0.0481 e. The van der Waals surface area contributed by atoms with Gasteiger partial charge in [-0.1, -0.05) is 60.7 Å². The van der Waals surface area contributed by atoms with Gasteiger partial charge in [0.05, 0.1) is 0 Å². The molecule has 24 heavy (non-hydrogen) atoms. The predicted octanol–water partition coefficient (Wildman–Crippen LogP) is 5.86. The van der Waals surface area contributed by atoms with E-state index in [1.807, 2.05) is 0 Å². The molecule has 0 saturated carbocycles. The molecule has 0 saturated heterocycles. The van der Waals surface area contributed by atoms with Crippen LogP contribution in [0.15, 0.2) is 72.8 Å². The average Bonchev–Trinajstić information content (AvgIpc) is 2.80. The largest absolute Gasteiger partial charge is 0.337 e. The van der Waals surface area contributed by atoms with Crippen LogP contribution in [-0.4, -0.2) is 0 Å². The Morgan fingerprint density at radius 3 is 2.25 bits per heavy atom. The van der Waals surface area contributed by atoms with Gasteiger partial charge in [-0.25, -0.2) is 0 Å². The summed E-state index contributed by atoms with van der Waals surface area (Å²) < 4.78 is 0. The van der Waals surface area contributed by atoms with Crippen molar-refractivity contribution in [2.24, 2.45) is 0 Å². The molecule has 0 atom stereocenters. The molecule has 1 aliphatic heterocycles. The minimum Gasteiger partial charge on any atom is -0.337 e. The number of hydrogen-bond donors (Lipinski definition) is 0. The van der Waals surface area contributed by atoms with Gasteiger partial charge in [0, 0.05) is 23.8 Å². The third-order valence-electron chi connectivity index (χ3n) is 4.72. The first kappa shape index (κ1) is 15.3. The Morgan fingerprint density at radius 2 is 1.42 bits per heavy atom. The quantitative estimate of drug-likeness (QED) is 0.542.